The Morgan fingerprint density at radius 1 is 1.25 bits per heavy atom. The molecule has 2 heterocycles. The molecule has 0 N–H and O–H groups in total. The van der Waals surface area contributed by atoms with Crippen molar-refractivity contribution < 1.29 is 9.18 Å². The van der Waals surface area contributed by atoms with Gasteiger partial charge in [0.1, 0.15) is 5.52 Å². The van der Waals surface area contributed by atoms with Crippen LogP contribution < -0.4 is 0 Å². The summed E-state index contributed by atoms with van der Waals surface area (Å²) in [6, 6.07) is 2.89. The van der Waals surface area contributed by atoms with Gasteiger partial charge in [0.15, 0.2) is 17.4 Å². The van der Waals surface area contributed by atoms with Gasteiger partial charge in [-0.25, -0.2) is 19.3 Å². The molecule has 124 valence electrons. The summed E-state index contributed by atoms with van der Waals surface area (Å²) in [6.07, 6.45) is 1.36. The van der Waals surface area contributed by atoms with Crippen LogP contribution in [0.4, 0.5) is 4.39 Å². The van der Waals surface area contributed by atoms with Crippen LogP contribution >= 0.6 is 23.2 Å². The van der Waals surface area contributed by atoms with Crippen molar-refractivity contribution in [1.82, 2.24) is 19.5 Å². The molecule has 0 saturated heterocycles. The molecule has 0 amide bonds. The lowest BCUT2D eigenvalue weighted by Gasteiger charge is -2.12. The Hall–Kier alpha value is -2.05. The molecular formula is C16H13Cl2FN4O. The molecule has 0 saturated carbocycles. The minimum absolute atomic E-state index is 0.0108. The van der Waals surface area contributed by atoms with Gasteiger partial charge in [-0.1, -0.05) is 11.6 Å². The number of carbonyl (C=O) groups excluding carboxylic acids is 1. The van der Waals surface area contributed by atoms with E-state index < -0.39 is 5.82 Å². The normalized spacial score (nSPS) is 11.5. The van der Waals surface area contributed by atoms with Gasteiger partial charge >= 0.3 is 0 Å². The molecular weight excluding hydrogens is 354 g/mol. The number of fused-ring (bicyclic) bond motifs is 1. The van der Waals surface area contributed by atoms with E-state index >= 15 is 0 Å². The van der Waals surface area contributed by atoms with Crippen LogP contribution in [0, 0.1) is 5.82 Å². The molecule has 0 bridgehead atoms. The number of imidazole rings is 1. The fourth-order valence-electron chi connectivity index (χ4n) is 2.61. The van der Waals surface area contributed by atoms with Gasteiger partial charge in [0.2, 0.25) is 5.28 Å². The molecule has 0 aliphatic heterocycles. The van der Waals surface area contributed by atoms with Crippen molar-refractivity contribution in [2.24, 2.45) is 0 Å². The van der Waals surface area contributed by atoms with E-state index in [0.29, 0.717) is 16.8 Å². The average molecular weight is 367 g/mol. The maximum Gasteiger partial charge on any atom is 0.222 e. The van der Waals surface area contributed by atoms with Crippen LogP contribution in [-0.2, 0) is 0 Å². The van der Waals surface area contributed by atoms with Crippen LogP contribution in [0.1, 0.15) is 37.4 Å². The molecule has 1 aromatic carbocycles. The number of benzene rings is 1. The smallest absolute Gasteiger partial charge is 0.222 e. The summed E-state index contributed by atoms with van der Waals surface area (Å²) in [6.45, 7) is 5.19. The lowest BCUT2D eigenvalue weighted by atomic mass is 10.1. The van der Waals surface area contributed by atoms with Crippen molar-refractivity contribution in [1.29, 1.82) is 0 Å². The number of hydrogen-bond acceptors (Lipinski definition) is 4. The molecule has 0 atom stereocenters. The van der Waals surface area contributed by atoms with Crippen LogP contribution in [0.3, 0.4) is 0 Å². The molecule has 0 fully saturated rings. The minimum Gasteiger partial charge on any atom is -0.319 e. The first-order chi connectivity index (χ1) is 11.3. The Labute approximate surface area is 147 Å². The Balaban J connectivity index is 2.35. The number of nitrogens with zero attached hydrogens (tertiary/aromatic N) is 4. The minimum atomic E-state index is -0.560. The molecule has 0 aliphatic carbocycles. The Bertz CT molecular complexity index is 968. The van der Waals surface area contributed by atoms with Crippen LogP contribution in [-0.4, -0.2) is 25.3 Å². The third-order valence-electron chi connectivity index (χ3n) is 3.57. The van der Waals surface area contributed by atoms with Crippen LogP contribution in [0.2, 0.25) is 10.3 Å². The number of Topliss-reactive ketones (excluding diaryl/α,β-unsaturated/α-hetero) is 1. The predicted octanol–water partition coefficient (Wildman–Crippen LogP) is 4.72. The van der Waals surface area contributed by atoms with Crippen molar-refractivity contribution in [3.63, 3.8) is 0 Å². The number of ketones is 1. The highest BCUT2D eigenvalue weighted by Gasteiger charge is 2.21. The molecule has 2 aromatic heterocycles. The summed E-state index contributed by atoms with van der Waals surface area (Å²) in [5, 5.41) is 0.261. The summed E-state index contributed by atoms with van der Waals surface area (Å²) in [5.41, 5.74) is 1.38. The first-order valence-electron chi connectivity index (χ1n) is 7.20. The largest absolute Gasteiger partial charge is 0.319 e. The van der Waals surface area contributed by atoms with Crippen LogP contribution in [0.25, 0.3) is 22.3 Å². The van der Waals surface area contributed by atoms with Crippen LogP contribution in [0.15, 0.2) is 18.3 Å². The molecule has 0 spiro atoms. The predicted molar refractivity (Wildman–Crippen MR) is 91.1 cm³/mol. The number of aromatic nitrogens is 4. The van der Waals surface area contributed by atoms with E-state index in [2.05, 4.69) is 15.0 Å². The van der Waals surface area contributed by atoms with Gasteiger partial charge in [0.25, 0.3) is 0 Å². The number of rotatable bonds is 3. The zero-order valence-electron chi connectivity index (χ0n) is 13.1. The fraction of sp³-hybridized carbons (Fsp3) is 0.250. The standard InChI is InChI=1S/C16H13Cl2FN4O/c1-7(2)23-12-5-9(13-10(17)6-20-16(18)22-13)4-11(19)14(12)21-15(23)8(3)24/h4-7H,1-3H3. The molecule has 3 rings (SSSR count). The highest BCUT2D eigenvalue weighted by Crippen LogP contribution is 2.32. The second kappa shape index (κ2) is 6.11. The zero-order chi connectivity index (χ0) is 17.6. The zero-order valence-corrected chi connectivity index (χ0v) is 14.7. The monoisotopic (exact) mass is 366 g/mol. The summed E-state index contributed by atoms with van der Waals surface area (Å²) in [7, 11) is 0. The van der Waals surface area contributed by atoms with E-state index in [0.717, 1.165) is 0 Å². The summed E-state index contributed by atoms with van der Waals surface area (Å²) < 4.78 is 16.3. The molecule has 0 radical (unpaired) electrons. The first kappa shape index (κ1) is 16.8. The van der Waals surface area contributed by atoms with Crippen molar-refractivity contribution in [2.75, 3.05) is 0 Å². The van der Waals surface area contributed by atoms with E-state index in [-0.39, 0.29) is 33.5 Å². The molecule has 5 nitrogen and oxygen atoms in total. The first-order valence-corrected chi connectivity index (χ1v) is 7.96. The second-order valence-electron chi connectivity index (χ2n) is 5.62. The van der Waals surface area contributed by atoms with Gasteiger partial charge in [-0.3, -0.25) is 4.79 Å². The highest BCUT2D eigenvalue weighted by atomic mass is 35.5. The Morgan fingerprint density at radius 3 is 2.58 bits per heavy atom. The number of carbonyl (C=O) groups is 1. The van der Waals surface area contributed by atoms with Gasteiger partial charge in [0.05, 0.1) is 22.4 Å². The van der Waals surface area contributed by atoms with Gasteiger partial charge in [-0.15, -0.1) is 0 Å². The van der Waals surface area contributed by atoms with E-state index in [9.17, 15) is 9.18 Å². The average Bonchev–Trinajstić information content (AvgIpc) is 2.90. The highest BCUT2D eigenvalue weighted by molar-refractivity contribution is 6.33. The van der Waals surface area contributed by atoms with Crippen LogP contribution in [0.5, 0.6) is 0 Å². The van der Waals surface area contributed by atoms with Crippen molar-refractivity contribution in [3.8, 4) is 11.3 Å². The van der Waals surface area contributed by atoms with E-state index in [1.165, 1.54) is 19.2 Å². The molecule has 8 heteroatoms. The third-order valence-corrected chi connectivity index (χ3v) is 4.03. The third kappa shape index (κ3) is 2.76. The summed E-state index contributed by atoms with van der Waals surface area (Å²) in [4.78, 5) is 23.9. The van der Waals surface area contributed by atoms with E-state index in [1.807, 2.05) is 13.8 Å². The maximum absolute atomic E-state index is 14.6. The second-order valence-corrected chi connectivity index (χ2v) is 6.36. The molecule has 0 aliphatic rings. The molecule has 24 heavy (non-hydrogen) atoms. The summed E-state index contributed by atoms with van der Waals surface area (Å²) >= 11 is 11.9. The van der Waals surface area contributed by atoms with Gasteiger partial charge < -0.3 is 4.57 Å². The van der Waals surface area contributed by atoms with Crippen molar-refractivity contribution in [2.45, 2.75) is 26.8 Å². The number of halogens is 3. The lowest BCUT2D eigenvalue weighted by Crippen LogP contribution is -2.09. The Kier molecular flexibility index (Phi) is 4.27. The fourth-order valence-corrected chi connectivity index (χ4v) is 2.94. The van der Waals surface area contributed by atoms with Crippen molar-refractivity contribution in [3.05, 3.63) is 40.3 Å². The maximum atomic E-state index is 14.6. The van der Waals surface area contributed by atoms with Gasteiger partial charge in [-0.05, 0) is 37.6 Å². The number of hydrogen-bond donors (Lipinski definition) is 0. The molecule has 0 unspecified atom stereocenters. The summed E-state index contributed by atoms with van der Waals surface area (Å²) in [5.74, 6) is -0.581. The van der Waals surface area contributed by atoms with Gasteiger partial charge in [0, 0.05) is 18.5 Å². The molecule has 3 aromatic rings. The van der Waals surface area contributed by atoms with Crippen molar-refractivity contribution >= 4 is 40.0 Å². The quantitative estimate of drug-likeness (QED) is 0.496. The topological polar surface area (TPSA) is 60.7 Å². The SMILES string of the molecule is CC(=O)c1nc2c(F)cc(-c3nc(Cl)ncc3Cl)cc2n1C(C)C. The Morgan fingerprint density at radius 2 is 1.96 bits per heavy atom. The lowest BCUT2D eigenvalue weighted by molar-refractivity contribution is 0.0998. The van der Waals surface area contributed by atoms with E-state index in [1.54, 1.807) is 10.6 Å². The van der Waals surface area contributed by atoms with Gasteiger partial charge in [-0.2, -0.15) is 0 Å². The van der Waals surface area contributed by atoms with E-state index in [4.69, 9.17) is 23.2 Å².